The summed E-state index contributed by atoms with van der Waals surface area (Å²) in [4.78, 5) is 7.92. The SMILES string of the molecule is c1cnc(Nc2nncs2)cn1. The van der Waals surface area contributed by atoms with Gasteiger partial charge in [-0.05, 0) is 0 Å². The lowest BCUT2D eigenvalue weighted by Crippen LogP contribution is -1.92. The summed E-state index contributed by atoms with van der Waals surface area (Å²) in [6.45, 7) is 0. The molecule has 6 heteroatoms. The molecule has 2 rings (SSSR count). The molecule has 0 fully saturated rings. The van der Waals surface area contributed by atoms with Crippen molar-refractivity contribution >= 4 is 22.3 Å². The van der Waals surface area contributed by atoms with Crippen LogP contribution in [0.1, 0.15) is 0 Å². The third kappa shape index (κ3) is 1.54. The maximum absolute atomic E-state index is 4.02. The number of rotatable bonds is 2. The Labute approximate surface area is 72.5 Å². The molecule has 2 heterocycles. The van der Waals surface area contributed by atoms with Crippen molar-refractivity contribution in [1.29, 1.82) is 0 Å². The summed E-state index contributed by atoms with van der Waals surface area (Å²) in [6, 6.07) is 0. The maximum atomic E-state index is 4.02. The molecule has 2 aromatic rings. The number of aromatic nitrogens is 4. The second-order valence-electron chi connectivity index (χ2n) is 1.96. The molecule has 12 heavy (non-hydrogen) atoms. The van der Waals surface area contributed by atoms with Crippen molar-refractivity contribution in [2.45, 2.75) is 0 Å². The topological polar surface area (TPSA) is 63.6 Å². The summed E-state index contributed by atoms with van der Waals surface area (Å²) < 4.78 is 0. The zero-order chi connectivity index (χ0) is 8.23. The van der Waals surface area contributed by atoms with E-state index in [1.54, 1.807) is 24.1 Å². The van der Waals surface area contributed by atoms with Gasteiger partial charge in [0.15, 0.2) is 5.82 Å². The van der Waals surface area contributed by atoms with Crippen LogP contribution >= 0.6 is 11.3 Å². The highest BCUT2D eigenvalue weighted by Gasteiger charge is 1.96. The van der Waals surface area contributed by atoms with Gasteiger partial charge >= 0.3 is 0 Å². The summed E-state index contributed by atoms with van der Waals surface area (Å²) in [5, 5.41) is 11.2. The van der Waals surface area contributed by atoms with Gasteiger partial charge in [0.05, 0.1) is 6.20 Å². The van der Waals surface area contributed by atoms with Gasteiger partial charge in [-0.1, -0.05) is 11.3 Å². The van der Waals surface area contributed by atoms with Crippen molar-refractivity contribution in [2.24, 2.45) is 0 Å². The van der Waals surface area contributed by atoms with E-state index in [2.05, 4.69) is 25.5 Å². The van der Waals surface area contributed by atoms with Gasteiger partial charge in [0, 0.05) is 12.4 Å². The van der Waals surface area contributed by atoms with Crippen LogP contribution in [0.4, 0.5) is 10.9 Å². The predicted molar refractivity (Wildman–Crippen MR) is 45.2 cm³/mol. The van der Waals surface area contributed by atoms with E-state index in [4.69, 9.17) is 0 Å². The average molecular weight is 179 g/mol. The predicted octanol–water partition coefficient (Wildman–Crippen LogP) is 1.07. The van der Waals surface area contributed by atoms with Crippen molar-refractivity contribution in [1.82, 2.24) is 20.2 Å². The smallest absolute Gasteiger partial charge is 0.211 e. The molecule has 0 aliphatic carbocycles. The molecule has 0 spiro atoms. The standard InChI is InChI=1S/C6H5N5S/c1-2-8-5(3-7-1)10-6-11-9-4-12-6/h1-4H,(H,8,10,11). The Morgan fingerprint density at radius 3 is 3.00 bits per heavy atom. The van der Waals surface area contributed by atoms with Crippen LogP contribution in [0.3, 0.4) is 0 Å². The van der Waals surface area contributed by atoms with Gasteiger partial charge in [0.25, 0.3) is 0 Å². The van der Waals surface area contributed by atoms with Crippen LogP contribution in [0.2, 0.25) is 0 Å². The number of hydrogen-bond acceptors (Lipinski definition) is 6. The first-order chi connectivity index (χ1) is 5.95. The zero-order valence-corrected chi connectivity index (χ0v) is 6.82. The molecule has 5 nitrogen and oxygen atoms in total. The number of nitrogens with zero attached hydrogens (tertiary/aromatic N) is 4. The largest absolute Gasteiger partial charge is 0.313 e. The van der Waals surface area contributed by atoms with E-state index in [0.29, 0.717) is 5.82 Å². The first-order valence-corrected chi connectivity index (χ1v) is 4.12. The average Bonchev–Trinajstić information content (AvgIpc) is 2.59. The Morgan fingerprint density at radius 2 is 2.33 bits per heavy atom. The molecule has 2 aromatic heterocycles. The summed E-state index contributed by atoms with van der Waals surface area (Å²) in [5.41, 5.74) is 1.65. The van der Waals surface area contributed by atoms with Crippen LogP contribution in [-0.2, 0) is 0 Å². The van der Waals surface area contributed by atoms with E-state index in [-0.39, 0.29) is 0 Å². The van der Waals surface area contributed by atoms with Crippen LogP contribution < -0.4 is 5.32 Å². The Kier molecular flexibility index (Phi) is 1.91. The van der Waals surface area contributed by atoms with Gasteiger partial charge < -0.3 is 5.32 Å². The molecule has 0 saturated carbocycles. The molecule has 0 aliphatic heterocycles. The first kappa shape index (κ1) is 7.11. The molecular weight excluding hydrogens is 174 g/mol. The Morgan fingerprint density at radius 1 is 1.33 bits per heavy atom. The van der Waals surface area contributed by atoms with E-state index in [9.17, 15) is 0 Å². The number of nitrogens with one attached hydrogen (secondary N) is 1. The van der Waals surface area contributed by atoms with E-state index in [1.165, 1.54) is 11.3 Å². The highest BCUT2D eigenvalue weighted by molar-refractivity contribution is 7.13. The van der Waals surface area contributed by atoms with Crippen molar-refractivity contribution in [3.05, 3.63) is 24.1 Å². The lowest BCUT2D eigenvalue weighted by Gasteiger charge is -1.96. The molecule has 0 atom stereocenters. The summed E-state index contributed by atoms with van der Waals surface area (Å²) >= 11 is 1.42. The van der Waals surface area contributed by atoms with Crippen LogP contribution in [0.15, 0.2) is 24.1 Å². The fourth-order valence-electron chi connectivity index (χ4n) is 0.701. The number of anilines is 2. The Hall–Kier alpha value is -1.56. The monoisotopic (exact) mass is 179 g/mol. The fraction of sp³-hybridized carbons (Fsp3) is 0. The minimum atomic E-state index is 0.675. The minimum Gasteiger partial charge on any atom is -0.313 e. The molecular formula is C6H5N5S. The van der Waals surface area contributed by atoms with E-state index < -0.39 is 0 Å². The van der Waals surface area contributed by atoms with Crippen LogP contribution in [-0.4, -0.2) is 20.2 Å². The van der Waals surface area contributed by atoms with E-state index in [0.717, 1.165) is 5.13 Å². The third-order valence-electron chi connectivity index (χ3n) is 1.16. The molecule has 0 bridgehead atoms. The van der Waals surface area contributed by atoms with E-state index >= 15 is 0 Å². The molecule has 0 aliphatic rings. The molecule has 0 saturated heterocycles. The zero-order valence-electron chi connectivity index (χ0n) is 6.01. The van der Waals surface area contributed by atoms with Crippen LogP contribution in [0.25, 0.3) is 0 Å². The highest BCUT2D eigenvalue weighted by Crippen LogP contribution is 2.13. The number of hydrogen-bond donors (Lipinski definition) is 1. The van der Waals surface area contributed by atoms with Gasteiger partial charge in [0.2, 0.25) is 5.13 Å². The Bertz CT molecular complexity index is 332. The second-order valence-corrected chi connectivity index (χ2v) is 2.79. The van der Waals surface area contributed by atoms with E-state index in [1.807, 2.05) is 0 Å². The van der Waals surface area contributed by atoms with Gasteiger partial charge in [-0.3, -0.25) is 4.98 Å². The maximum Gasteiger partial charge on any atom is 0.211 e. The lowest BCUT2D eigenvalue weighted by atomic mass is 10.7. The van der Waals surface area contributed by atoms with Crippen LogP contribution in [0, 0.1) is 0 Å². The summed E-state index contributed by atoms with van der Waals surface area (Å²) in [5.74, 6) is 0.675. The van der Waals surface area contributed by atoms with Crippen LogP contribution in [0.5, 0.6) is 0 Å². The molecule has 0 amide bonds. The van der Waals surface area contributed by atoms with Gasteiger partial charge in [-0.15, -0.1) is 10.2 Å². The first-order valence-electron chi connectivity index (χ1n) is 3.24. The Balaban J connectivity index is 2.15. The lowest BCUT2D eigenvalue weighted by molar-refractivity contribution is 1.09. The molecule has 60 valence electrons. The third-order valence-corrected chi connectivity index (χ3v) is 1.76. The van der Waals surface area contributed by atoms with Crippen molar-refractivity contribution in [3.63, 3.8) is 0 Å². The summed E-state index contributed by atoms with van der Waals surface area (Å²) in [6.07, 6.45) is 4.86. The minimum absolute atomic E-state index is 0.675. The second kappa shape index (κ2) is 3.22. The molecule has 0 aromatic carbocycles. The van der Waals surface area contributed by atoms with Gasteiger partial charge in [-0.2, -0.15) is 0 Å². The van der Waals surface area contributed by atoms with Gasteiger partial charge in [-0.25, -0.2) is 4.98 Å². The van der Waals surface area contributed by atoms with Crippen molar-refractivity contribution < 1.29 is 0 Å². The summed E-state index contributed by atoms with van der Waals surface area (Å²) in [7, 11) is 0. The van der Waals surface area contributed by atoms with Crippen molar-refractivity contribution in [3.8, 4) is 0 Å². The quantitative estimate of drug-likeness (QED) is 0.747. The normalized spacial score (nSPS) is 9.67. The fourth-order valence-corrected chi connectivity index (χ4v) is 1.15. The molecule has 0 radical (unpaired) electrons. The van der Waals surface area contributed by atoms with Gasteiger partial charge in [0.1, 0.15) is 5.51 Å². The van der Waals surface area contributed by atoms with Crippen molar-refractivity contribution in [2.75, 3.05) is 5.32 Å². The highest BCUT2D eigenvalue weighted by atomic mass is 32.1. The molecule has 0 unspecified atom stereocenters. The molecule has 1 N–H and O–H groups in total.